The molecule has 1 aromatic heterocycles. The molecule has 26 heavy (non-hydrogen) atoms. The molecule has 0 aliphatic heterocycles. The lowest BCUT2D eigenvalue weighted by molar-refractivity contribution is 0.714. The van der Waals surface area contributed by atoms with Gasteiger partial charge in [-0.3, -0.25) is 9.36 Å². The molecule has 0 saturated heterocycles. The van der Waals surface area contributed by atoms with Crippen LogP contribution in [0.25, 0.3) is 16.6 Å². The number of benzene rings is 3. The lowest BCUT2D eigenvalue weighted by atomic mass is 10.1. The zero-order valence-corrected chi connectivity index (χ0v) is 14.4. The van der Waals surface area contributed by atoms with Crippen LogP contribution in [0.2, 0.25) is 0 Å². The average molecular weight is 342 g/mol. The molecule has 4 heteroatoms. The Kier molecular flexibility index (Phi) is 4.01. The molecule has 0 aliphatic carbocycles. The number of nitrogens with zero attached hydrogens (tertiary/aromatic N) is 2. The highest BCUT2D eigenvalue weighted by Gasteiger charge is 2.14. The van der Waals surface area contributed by atoms with Gasteiger partial charge in [-0.05, 0) is 36.8 Å². The Morgan fingerprint density at radius 3 is 2.15 bits per heavy atom. The predicted octanol–water partition coefficient (Wildman–Crippen LogP) is 3.51. The van der Waals surface area contributed by atoms with Crippen LogP contribution < -0.4 is 11.2 Å². The average Bonchev–Trinajstić information content (AvgIpc) is 2.68. The van der Waals surface area contributed by atoms with Crippen molar-refractivity contribution >= 4 is 10.9 Å². The third-order valence-electron chi connectivity index (χ3n) is 4.53. The molecular formula is C22H18N2O2. The molecule has 4 rings (SSSR count). The van der Waals surface area contributed by atoms with E-state index in [4.69, 9.17) is 0 Å². The van der Waals surface area contributed by atoms with Crippen LogP contribution in [0.15, 0.2) is 88.5 Å². The highest BCUT2D eigenvalue weighted by atomic mass is 16.2. The lowest BCUT2D eigenvalue weighted by Gasteiger charge is -2.14. The molecule has 0 spiro atoms. The summed E-state index contributed by atoms with van der Waals surface area (Å²) in [6, 6.07) is 24.4. The molecule has 4 aromatic rings. The molecule has 0 unspecified atom stereocenters. The van der Waals surface area contributed by atoms with Crippen LogP contribution in [-0.2, 0) is 6.54 Å². The summed E-state index contributed by atoms with van der Waals surface area (Å²) in [4.78, 5) is 26.2. The van der Waals surface area contributed by atoms with E-state index in [-0.39, 0.29) is 11.2 Å². The SMILES string of the molecule is Cc1ccc(Cn2c(=O)n(-c3ccccc3)c(=O)c3ccccc32)cc1. The van der Waals surface area contributed by atoms with Gasteiger partial charge in [0.1, 0.15) is 0 Å². The molecule has 0 aliphatic rings. The Morgan fingerprint density at radius 2 is 1.42 bits per heavy atom. The molecule has 3 aromatic carbocycles. The van der Waals surface area contributed by atoms with E-state index in [1.54, 1.807) is 22.8 Å². The minimum Gasteiger partial charge on any atom is -0.288 e. The third kappa shape index (κ3) is 2.75. The summed E-state index contributed by atoms with van der Waals surface area (Å²) in [5.41, 5.74) is 2.78. The van der Waals surface area contributed by atoms with Crippen molar-refractivity contribution in [2.75, 3.05) is 0 Å². The zero-order chi connectivity index (χ0) is 18.1. The van der Waals surface area contributed by atoms with E-state index in [0.717, 1.165) is 5.56 Å². The number of hydrogen-bond donors (Lipinski definition) is 0. The standard InChI is InChI=1S/C22H18N2O2/c1-16-11-13-17(14-12-16)15-23-20-10-6-5-9-19(20)21(25)24(22(23)26)18-7-3-2-4-8-18/h2-14H,15H2,1H3. The van der Waals surface area contributed by atoms with Crippen molar-refractivity contribution in [1.82, 2.24) is 9.13 Å². The molecule has 128 valence electrons. The first-order chi connectivity index (χ1) is 12.6. The minimum atomic E-state index is -0.333. The molecule has 1 heterocycles. The van der Waals surface area contributed by atoms with Crippen molar-refractivity contribution in [1.29, 1.82) is 0 Å². The van der Waals surface area contributed by atoms with E-state index in [9.17, 15) is 9.59 Å². The molecular weight excluding hydrogens is 324 g/mol. The summed E-state index contributed by atoms with van der Waals surface area (Å²) in [6.45, 7) is 2.44. The minimum absolute atomic E-state index is 0.294. The van der Waals surface area contributed by atoms with E-state index < -0.39 is 0 Å². The van der Waals surface area contributed by atoms with Crippen LogP contribution in [0.3, 0.4) is 0 Å². The van der Waals surface area contributed by atoms with Gasteiger partial charge < -0.3 is 0 Å². The smallest absolute Gasteiger partial charge is 0.288 e. The lowest BCUT2D eigenvalue weighted by Crippen LogP contribution is -2.39. The summed E-state index contributed by atoms with van der Waals surface area (Å²) in [6.07, 6.45) is 0. The van der Waals surface area contributed by atoms with Gasteiger partial charge in [-0.15, -0.1) is 0 Å². The van der Waals surface area contributed by atoms with Crippen LogP contribution >= 0.6 is 0 Å². The first-order valence-corrected chi connectivity index (χ1v) is 8.51. The van der Waals surface area contributed by atoms with Crippen LogP contribution in [0.5, 0.6) is 0 Å². The van der Waals surface area contributed by atoms with Crippen molar-refractivity contribution in [3.63, 3.8) is 0 Å². The number of hydrogen-bond acceptors (Lipinski definition) is 2. The number of aromatic nitrogens is 2. The summed E-state index contributed by atoms with van der Waals surface area (Å²) in [5, 5.41) is 0.531. The van der Waals surface area contributed by atoms with E-state index >= 15 is 0 Å². The van der Waals surface area contributed by atoms with E-state index in [1.807, 2.05) is 67.6 Å². The van der Waals surface area contributed by atoms with Crippen LogP contribution in [0.4, 0.5) is 0 Å². The number of para-hydroxylation sites is 2. The van der Waals surface area contributed by atoms with Gasteiger partial charge in [-0.2, -0.15) is 0 Å². The monoisotopic (exact) mass is 342 g/mol. The Bertz CT molecular complexity index is 1190. The van der Waals surface area contributed by atoms with Gasteiger partial charge in [-0.25, -0.2) is 9.36 Å². The first-order valence-electron chi connectivity index (χ1n) is 8.51. The molecule has 0 N–H and O–H groups in total. The number of rotatable bonds is 3. The Balaban J connectivity index is 2.01. The summed E-state index contributed by atoms with van der Waals surface area (Å²) in [5.74, 6) is 0. The summed E-state index contributed by atoms with van der Waals surface area (Å²) >= 11 is 0. The largest absolute Gasteiger partial charge is 0.336 e. The predicted molar refractivity (Wildman–Crippen MR) is 104 cm³/mol. The van der Waals surface area contributed by atoms with E-state index in [0.29, 0.717) is 23.1 Å². The zero-order valence-electron chi connectivity index (χ0n) is 14.4. The van der Waals surface area contributed by atoms with Crippen molar-refractivity contribution in [2.45, 2.75) is 13.5 Å². The van der Waals surface area contributed by atoms with Crippen molar-refractivity contribution in [3.8, 4) is 5.69 Å². The van der Waals surface area contributed by atoms with Gasteiger partial charge in [0.15, 0.2) is 0 Å². The quantitative estimate of drug-likeness (QED) is 0.572. The second-order valence-corrected chi connectivity index (χ2v) is 6.35. The Hall–Kier alpha value is -3.40. The third-order valence-corrected chi connectivity index (χ3v) is 4.53. The van der Waals surface area contributed by atoms with Gasteiger partial charge in [0, 0.05) is 0 Å². The van der Waals surface area contributed by atoms with Gasteiger partial charge in [0.2, 0.25) is 0 Å². The van der Waals surface area contributed by atoms with Gasteiger partial charge >= 0.3 is 5.69 Å². The number of fused-ring (bicyclic) bond motifs is 1. The fourth-order valence-electron chi connectivity index (χ4n) is 3.15. The molecule has 0 radical (unpaired) electrons. The second-order valence-electron chi connectivity index (χ2n) is 6.35. The maximum Gasteiger partial charge on any atom is 0.336 e. The molecule has 0 bridgehead atoms. The van der Waals surface area contributed by atoms with Crippen LogP contribution in [-0.4, -0.2) is 9.13 Å². The van der Waals surface area contributed by atoms with Crippen LogP contribution in [0.1, 0.15) is 11.1 Å². The summed E-state index contributed by atoms with van der Waals surface area (Å²) in [7, 11) is 0. The van der Waals surface area contributed by atoms with Crippen molar-refractivity contribution in [2.24, 2.45) is 0 Å². The second kappa shape index (κ2) is 6.48. The fraction of sp³-hybridized carbons (Fsp3) is 0.0909. The van der Waals surface area contributed by atoms with Crippen molar-refractivity contribution < 1.29 is 0 Å². The molecule has 0 saturated carbocycles. The normalized spacial score (nSPS) is 11.0. The van der Waals surface area contributed by atoms with Gasteiger partial charge in [0.05, 0.1) is 23.1 Å². The molecule has 4 nitrogen and oxygen atoms in total. The topological polar surface area (TPSA) is 44.0 Å². The van der Waals surface area contributed by atoms with Crippen molar-refractivity contribution in [3.05, 3.63) is 111 Å². The van der Waals surface area contributed by atoms with E-state index in [1.165, 1.54) is 10.1 Å². The van der Waals surface area contributed by atoms with E-state index in [2.05, 4.69) is 0 Å². The maximum absolute atomic E-state index is 13.2. The molecule has 0 atom stereocenters. The fourth-order valence-corrected chi connectivity index (χ4v) is 3.15. The Morgan fingerprint density at radius 1 is 0.769 bits per heavy atom. The number of aryl methyl sites for hydroxylation is 1. The highest BCUT2D eigenvalue weighted by molar-refractivity contribution is 5.78. The highest BCUT2D eigenvalue weighted by Crippen LogP contribution is 2.12. The van der Waals surface area contributed by atoms with Gasteiger partial charge in [0.25, 0.3) is 5.56 Å². The summed E-state index contributed by atoms with van der Waals surface area (Å²) < 4.78 is 2.91. The first kappa shape index (κ1) is 16.1. The molecule has 0 amide bonds. The van der Waals surface area contributed by atoms with Gasteiger partial charge in [-0.1, -0.05) is 60.2 Å². The van der Waals surface area contributed by atoms with Crippen LogP contribution in [0, 0.1) is 6.92 Å². The maximum atomic E-state index is 13.2. The Labute approximate surface area is 150 Å². The molecule has 0 fully saturated rings.